The summed E-state index contributed by atoms with van der Waals surface area (Å²) in [6.45, 7) is 2.94. The van der Waals surface area contributed by atoms with Gasteiger partial charge in [0.25, 0.3) is 5.91 Å². The fourth-order valence-electron chi connectivity index (χ4n) is 1.32. The van der Waals surface area contributed by atoms with Crippen LogP contribution in [0.25, 0.3) is 0 Å². The maximum absolute atomic E-state index is 13.3. The molecule has 2 N–H and O–H groups in total. The standard InChI is InChI=1S/C12H14F2N2O3/c1-3-12(2,11(18)19)6-16-10(17)7-4-5-15-9(14)8(7)13/h4-5H,3,6H2,1-2H3,(H,16,17)(H,18,19). The molecule has 0 saturated heterocycles. The van der Waals surface area contributed by atoms with Crippen LogP contribution < -0.4 is 5.32 Å². The van der Waals surface area contributed by atoms with E-state index in [2.05, 4.69) is 10.3 Å². The Bertz CT molecular complexity index is 508. The van der Waals surface area contributed by atoms with Crippen molar-refractivity contribution < 1.29 is 23.5 Å². The number of carbonyl (C=O) groups excluding carboxylic acids is 1. The molecular weight excluding hydrogens is 258 g/mol. The second kappa shape index (κ2) is 5.73. The number of carboxylic acid groups (broad SMARTS) is 1. The van der Waals surface area contributed by atoms with Crippen LogP contribution in [0.3, 0.4) is 0 Å². The Morgan fingerprint density at radius 3 is 2.63 bits per heavy atom. The van der Waals surface area contributed by atoms with E-state index in [0.29, 0.717) is 0 Å². The molecule has 1 amide bonds. The molecule has 0 aliphatic rings. The molecule has 1 aromatic rings. The number of rotatable bonds is 5. The number of carboxylic acids is 1. The fraction of sp³-hybridized carbons (Fsp3) is 0.417. The van der Waals surface area contributed by atoms with E-state index < -0.39 is 34.6 Å². The Balaban J connectivity index is 2.81. The lowest BCUT2D eigenvalue weighted by Gasteiger charge is -2.23. The zero-order valence-corrected chi connectivity index (χ0v) is 10.5. The highest BCUT2D eigenvalue weighted by atomic mass is 19.2. The zero-order chi connectivity index (χ0) is 14.6. The number of aromatic nitrogens is 1. The number of amides is 1. The summed E-state index contributed by atoms with van der Waals surface area (Å²) in [6.07, 6.45) is 1.25. The Labute approximate surface area is 108 Å². The first-order valence-corrected chi connectivity index (χ1v) is 5.63. The third-order valence-corrected chi connectivity index (χ3v) is 3.03. The number of nitrogens with one attached hydrogen (secondary N) is 1. The number of halogens is 2. The third kappa shape index (κ3) is 3.24. The van der Waals surface area contributed by atoms with Crippen molar-refractivity contribution in [3.8, 4) is 0 Å². The van der Waals surface area contributed by atoms with Crippen LogP contribution in [0, 0.1) is 17.2 Å². The molecular formula is C12H14F2N2O3. The lowest BCUT2D eigenvalue weighted by Crippen LogP contribution is -2.40. The van der Waals surface area contributed by atoms with E-state index in [9.17, 15) is 18.4 Å². The van der Waals surface area contributed by atoms with Crippen LogP contribution in [0.15, 0.2) is 12.3 Å². The van der Waals surface area contributed by atoms with Gasteiger partial charge in [0.05, 0.1) is 11.0 Å². The van der Waals surface area contributed by atoms with Crippen LogP contribution in [0.5, 0.6) is 0 Å². The molecule has 19 heavy (non-hydrogen) atoms. The highest BCUT2D eigenvalue weighted by molar-refractivity contribution is 5.94. The summed E-state index contributed by atoms with van der Waals surface area (Å²) in [6, 6.07) is 1.03. The summed E-state index contributed by atoms with van der Waals surface area (Å²) in [4.78, 5) is 25.8. The Morgan fingerprint density at radius 1 is 1.47 bits per heavy atom. The predicted molar refractivity (Wildman–Crippen MR) is 62.5 cm³/mol. The minimum Gasteiger partial charge on any atom is -0.481 e. The summed E-state index contributed by atoms with van der Waals surface area (Å²) in [5, 5.41) is 11.3. The number of carbonyl (C=O) groups is 2. The van der Waals surface area contributed by atoms with Crippen LogP contribution in [-0.4, -0.2) is 28.5 Å². The minimum absolute atomic E-state index is 0.180. The maximum atomic E-state index is 13.3. The summed E-state index contributed by atoms with van der Waals surface area (Å²) in [7, 11) is 0. The van der Waals surface area contributed by atoms with Gasteiger partial charge in [0.2, 0.25) is 5.95 Å². The predicted octanol–water partition coefficient (Wildman–Crippen LogP) is 1.59. The average molecular weight is 272 g/mol. The van der Waals surface area contributed by atoms with Gasteiger partial charge in [-0.3, -0.25) is 9.59 Å². The Morgan fingerprint density at radius 2 is 2.11 bits per heavy atom. The molecule has 1 rings (SSSR count). The van der Waals surface area contributed by atoms with Crippen molar-refractivity contribution in [2.45, 2.75) is 20.3 Å². The number of hydrogen-bond acceptors (Lipinski definition) is 3. The first kappa shape index (κ1) is 15.0. The lowest BCUT2D eigenvalue weighted by atomic mass is 9.87. The third-order valence-electron chi connectivity index (χ3n) is 3.03. The summed E-state index contributed by atoms with van der Waals surface area (Å²) >= 11 is 0. The van der Waals surface area contributed by atoms with Crippen LogP contribution in [0.4, 0.5) is 8.78 Å². The molecule has 5 nitrogen and oxygen atoms in total. The van der Waals surface area contributed by atoms with Gasteiger partial charge in [0, 0.05) is 12.7 Å². The van der Waals surface area contributed by atoms with Gasteiger partial charge in [0.1, 0.15) is 0 Å². The molecule has 0 saturated carbocycles. The van der Waals surface area contributed by atoms with Gasteiger partial charge in [-0.1, -0.05) is 6.92 Å². The van der Waals surface area contributed by atoms with E-state index >= 15 is 0 Å². The topological polar surface area (TPSA) is 79.3 Å². The Hall–Kier alpha value is -2.05. The van der Waals surface area contributed by atoms with Gasteiger partial charge in [-0.25, -0.2) is 9.37 Å². The molecule has 0 aromatic carbocycles. The number of aliphatic carboxylic acids is 1. The minimum atomic E-state index is -1.37. The molecule has 1 aromatic heterocycles. The average Bonchev–Trinajstić information content (AvgIpc) is 2.38. The molecule has 0 aliphatic heterocycles. The van der Waals surface area contributed by atoms with Crippen LogP contribution in [-0.2, 0) is 4.79 Å². The van der Waals surface area contributed by atoms with Crippen molar-refractivity contribution in [3.63, 3.8) is 0 Å². The SMILES string of the molecule is CCC(C)(CNC(=O)c1ccnc(F)c1F)C(=O)O. The molecule has 0 radical (unpaired) electrons. The van der Waals surface area contributed by atoms with Gasteiger partial charge in [-0.15, -0.1) is 0 Å². The monoisotopic (exact) mass is 272 g/mol. The summed E-state index contributed by atoms with van der Waals surface area (Å²) < 4.78 is 26.1. The fourth-order valence-corrected chi connectivity index (χ4v) is 1.32. The molecule has 0 spiro atoms. The van der Waals surface area contributed by atoms with Crippen molar-refractivity contribution in [1.82, 2.24) is 10.3 Å². The summed E-state index contributed by atoms with van der Waals surface area (Å²) in [5.41, 5.74) is -1.66. The van der Waals surface area contributed by atoms with Crippen molar-refractivity contribution in [3.05, 3.63) is 29.6 Å². The highest BCUT2D eigenvalue weighted by Gasteiger charge is 2.32. The number of nitrogens with zero attached hydrogens (tertiary/aromatic N) is 1. The van der Waals surface area contributed by atoms with Gasteiger partial charge in [-0.05, 0) is 19.4 Å². The molecule has 104 valence electrons. The van der Waals surface area contributed by atoms with E-state index in [-0.39, 0.29) is 13.0 Å². The highest BCUT2D eigenvalue weighted by Crippen LogP contribution is 2.20. The molecule has 0 bridgehead atoms. The van der Waals surface area contributed by atoms with Crippen molar-refractivity contribution in [2.24, 2.45) is 5.41 Å². The smallest absolute Gasteiger partial charge is 0.311 e. The van der Waals surface area contributed by atoms with E-state index in [1.807, 2.05) is 0 Å². The summed E-state index contributed by atoms with van der Waals surface area (Å²) in [5.74, 6) is -4.67. The van der Waals surface area contributed by atoms with Crippen LogP contribution in [0.1, 0.15) is 30.6 Å². The van der Waals surface area contributed by atoms with E-state index in [0.717, 1.165) is 12.3 Å². The van der Waals surface area contributed by atoms with E-state index in [1.165, 1.54) is 6.92 Å². The molecule has 1 atom stereocenters. The van der Waals surface area contributed by atoms with Gasteiger partial charge >= 0.3 is 5.97 Å². The molecule has 1 unspecified atom stereocenters. The maximum Gasteiger partial charge on any atom is 0.311 e. The first-order valence-electron chi connectivity index (χ1n) is 5.63. The largest absolute Gasteiger partial charge is 0.481 e. The van der Waals surface area contributed by atoms with E-state index in [1.54, 1.807) is 6.92 Å². The van der Waals surface area contributed by atoms with Crippen molar-refractivity contribution >= 4 is 11.9 Å². The second-order valence-corrected chi connectivity index (χ2v) is 4.37. The van der Waals surface area contributed by atoms with Gasteiger partial charge < -0.3 is 10.4 Å². The van der Waals surface area contributed by atoms with Crippen LogP contribution >= 0.6 is 0 Å². The molecule has 0 fully saturated rings. The van der Waals surface area contributed by atoms with Crippen molar-refractivity contribution in [2.75, 3.05) is 6.54 Å². The van der Waals surface area contributed by atoms with Gasteiger partial charge in [0.15, 0.2) is 5.82 Å². The lowest BCUT2D eigenvalue weighted by molar-refractivity contribution is -0.147. The quantitative estimate of drug-likeness (QED) is 0.798. The van der Waals surface area contributed by atoms with Gasteiger partial charge in [-0.2, -0.15) is 4.39 Å². The number of hydrogen-bond donors (Lipinski definition) is 2. The number of pyridine rings is 1. The van der Waals surface area contributed by atoms with Crippen molar-refractivity contribution in [1.29, 1.82) is 0 Å². The molecule has 7 heteroatoms. The normalized spacial score (nSPS) is 13.7. The zero-order valence-electron chi connectivity index (χ0n) is 10.5. The molecule has 0 aliphatic carbocycles. The first-order chi connectivity index (χ1) is 8.81. The van der Waals surface area contributed by atoms with Crippen LogP contribution in [0.2, 0.25) is 0 Å². The Kier molecular flexibility index (Phi) is 4.52. The van der Waals surface area contributed by atoms with E-state index in [4.69, 9.17) is 5.11 Å². The molecule has 1 heterocycles. The second-order valence-electron chi connectivity index (χ2n) is 4.37.